The van der Waals surface area contributed by atoms with Gasteiger partial charge in [-0.25, -0.2) is 9.18 Å². The van der Waals surface area contributed by atoms with E-state index in [0.717, 1.165) is 0 Å². The van der Waals surface area contributed by atoms with E-state index in [0.29, 0.717) is 5.69 Å². The van der Waals surface area contributed by atoms with Gasteiger partial charge in [0.1, 0.15) is 13.3 Å². The normalized spacial score (nSPS) is 9.31. The molecule has 1 rings (SSSR count). The van der Waals surface area contributed by atoms with E-state index in [-0.39, 0.29) is 6.61 Å². The molecule has 0 aliphatic heterocycles. The Morgan fingerprint density at radius 1 is 1.69 bits per heavy atom. The summed E-state index contributed by atoms with van der Waals surface area (Å²) in [6.45, 7) is -0.910. The van der Waals surface area contributed by atoms with Crippen molar-refractivity contribution in [3.63, 3.8) is 0 Å². The molecule has 1 aromatic heterocycles. The second kappa shape index (κ2) is 5.08. The van der Waals surface area contributed by atoms with Crippen LogP contribution in [0.2, 0.25) is 0 Å². The van der Waals surface area contributed by atoms with Crippen LogP contribution in [-0.2, 0) is 4.74 Å². The zero-order chi connectivity index (χ0) is 9.52. The van der Waals surface area contributed by atoms with E-state index >= 15 is 0 Å². The number of alkyl halides is 1. The molecule has 0 spiro atoms. The van der Waals surface area contributed by atoms with Gasteiger partial charge in [-0.05, 0) is 12.1 Å². The van der Waals surface area contributed by atoms with Crippen LogP contribution in [0, 0.1) is 0 Å². The smallest absolute Gasteiger partial charge is 0.411 e. The van der Waals surface area contributed by atoms with E-state index < -0.39 is 12.8 Å². The lowest BCUT2D eigenvalue weighted by molar-refractivity contribution is 0.152. The van der Waals surface area contributed by atoms with Gasteiger partial charge in [0.25, 0.3) is 0 Å². The predicted octanol–water partition coefficient (Wildman–Crippen LogP) is 1.60. The first-order chi connectivity index (χ1) is 6.33. The third-order valence-corrected chi connectivity index (χ3v) is 1.22. The molecule has 0 unspecified atom stereocenters. The fourth-order valence-corrected chi connectivity index (χ4v) is 0.722. The Bertz CT molecular complexity index is 266. The van der Waals surface area contributed by atoms with Crippen LogP contribution >= 0.6 is 0 Å². The highest BCUT2D eigenvalue weighted by molar-refractivity contribution is 5.84. The first kappa shape index (κ1) is 9.44. The number of ether oxygens (including phenoxy) is 1. The Hall–Kier alpha value is -1.65. The fraction of sp³-hybridized carbons (Fsp3) is 0.250. The van der Waals surface area contributed by atoms with Crippen molar-refractivity contribution >= 4 is 11.8 Å². The topological polar surface area (TPSA) is 51.2 Å². The van der Waals surface area contributed by atoms with Crippen LogP contribution in [0.15, 0.2) is 24.5 Å². The van der Waals surface area contributed by atoms with Gasteiger partial charge in [0.2, 0.25) is 0 Å². The lowest BCUT2D eigenvalue weighted by Crippen LogP contribution is -2.14. The maximum atomic E-state index is 11.6. The molecule has 0 aliphatic rings. The van der Waals surface area contributed by atoms with E-state index in [2.05, 4.69) is 15.0 Å². The highest BCUT2D eigenvalue weighted by Crippen LogP contribution is 2.02. The predicted molar refractivity (Wildman–Crippen MR) is 45.2 cm³/mol. The summed E-state index contributed by atoms with van der Waals surface area (Å²) in [6, 6.07) is 3.33. The summed E-state index contributed by atoms with van der Waals surface area (Å²) >= 11 is 0. The van der Waals surface area contributed by atoms with Crippen LogP contribution in [0.3, 0.4) is 0 Å². The maximum Gasteiger partial charge on any atom is 0.411 e. The Morgan fingerprint density at radius 3 is 3.15 bits per heavy atom. The lowest BCUT2D eigenvalue weighted by atomic mass is 10.4. The summed E-state index contributed by atoms with van der Waals surface area (Å²) in [7, 11) is 0. The van der Waals surface area contributed by atoms with Gasteiger partial charge in [-0.2, -0.15) is 0 Å². The first-order valence-corrected chi connectivity index (χ1v) is 3.72. The minimum atomic E-state index is -0.680. The molecule has 5 heteroatoms. The van der Waals surface area contributed by atoms with Gasteiger partial charge < -0.3 is 4.74 Å². The first-order valence-electron chi connectivity index (χ1n) is 3.72. The highest BCUT2D eigenvalue weighted by Gasteiger charge is 2.01. The summed E-state index contributed by atoms with van der Waals surface area (Å²) in [4.78, 5) is 14.6. The average Bonchev–Trinajstić information content (AvgIpc) is 2.16. The number of nitrogens with one attached hydrogen (secondary N) is 1. The monoisotopic (exact) mass is 184 g/mol. The molecular formula is C8H9FN2O2. The molecule has 0 bridgehead atoms. The number of aromatic nitrogens is 1. The quantitative estimate of drug-likeness (QED) is 0.776. The molecule has 1 heterocycles. The zero-order valence-corrected chi connectivity index (χ0v) is 6.87. The summed E-state index contributed by atoms with van der Waals surface area (Å²) in [6.07, 6.45) is 2.38. The number of hydrogen-bond donors (Lipinski definition) is 1. The number of hydrogen-bond acceptors (Lipinski definition) is 3. The maximum absolute atomic E-state index is 11.6. The SMILES string of the molecule is O=C(Nc1cccnc1)OCCF. The molecule has 0 aliphatic carbocycles. The Kier molecular flexibility index (Phi) is 3.69. The van der Waals surface area contributed by atoms with Gasteiger partial charge in [-0.1, -0.05) is 0 Å². The minimum absolute atomic E-state index is 0.230. The molecule has 0 aromatic carbocycles. The molecule has 0 atom stereocenters. The average molecular weight is 184 g/mol. The van der Waals surface area contributed by atoms with Crippen LogP contribution in [0.4, 0.5) is 14.9 Å². The van der Waals surface area contributed by atoms with Gasteiger partial charge in [0.15, 0.2) is 0 Å². The number of carbonyl (C=O) groups excluding carboxylic acids is 1. The van der Waals surface area contributed by atoms with Crippen LogP contribution in [0.5, 0.6) is 0 Å². The number of nitrogens with zero attached hydrogens (tertiary/aromatic N) is 1. The third-order valence-electron chi connectivity index (χ3n) is 1.22. The number of anilines is 1. The van der Waals surface area contributed by atoms with Crippen molar-refractivity contribution in [1.29, 1.82) is 0 Å². The minimum Gasteiger partial charge on any atom is -0.447 e. The number of halogens is 1. The van der Waals surface area contributed by atoms with Gasteiger partial charge in [0.05, 0.1) is 11.9 Å². The van der Waals surface area contributed by atoms with E-state index in [9.17, 15) is 9.18 Å². The Morgan fingerprint density at radius 2 is 2.54 bits per heavy atom. The van der Waals surface area contributed by atoms with Gasteiger partial charge in [-0.15, -0.1) is 0 Å². The number of amides is 1. The van der Waals surface area contributed by atoms with Crippen molar-refractivity contribution in [1.82, 2.24) is 4.98 Å². The molecule has 4 nitrogen and oxygen atoms in total. The molecular weight excluding hydrogens is 175 g/mol. The van der Waals surface area contributed by atoms with Crippen molar-refractivity contribution in [3.8, 4) is 0 Å². The summed E-state index contributed by atoms with van der Waals surface area (Å²) in [5.74, 6) is 0. The second-order valence-corrected chi connectivity index (χ2v) is 2.19. The number of carbonyl (C=O) groups is 1. The lowest BCUT2D eigenvalue weighted by Gasteiger charge is -2.03. The third kappa shape index (κ3) is 3.50. The molecule has 0 saturated carbocycles. The summed E-state index contributed by atoms with van der Waals surface area (Å²) in [5.41, 5.74) is 0.520. The fourth-order valence-electron chi connectivity index (χ4n) is 0.722. The Balaban J connectivity index is 2.37. The van der Waals surface area contributed by atoms with E-state index in [4.69, 9.17) is 0 Å². The summed E-state index contributed by atoms with van der Waals surface area (Å²) < 4.78 is 16.0. The molecule has 70 valence electrons. The van der Waals surface area contributed by atoms with Crippen molar-refractivity contribution < 1.29 is 13.9 Å². The van der Waals surface area contributed by atoms with E-state index in [1.165, 1.54) is 6.20 Å². The van der Waals surface area contributed by atoms with Crippen molar-refractivity contribution in [2.24, 2.45) is 0 Å². The molecule has 13 heavy (non-hydrogen) atoms. The molecule has 1 N–H and O–H groups in total. The van der Waals surface area contributed by atoms with Crippen molar-refractivity contribution in [2.75, 3.05) is 18.6 Å². The van der Waals surface area contributed by atoms with Gasteiger partial charge >= 0.3 is 6.09 Å². The molecule has 1 aromatic rings. The molecule has 0 saturated heterocycles. The second-order valence-electron chi connectivity index (χ2n) is 2.19. The van der Waals surface area contributed by atoms with Crippen LogP contribution < -0.4 is 5.32 Å². The van der Waals surface area contributed by atoms with Gasteiger partial charge in [-0.3, -0.25) is 10.3 Å². The largest absolute Gasteiger partial charge is 0.447 e. The Labute approximate surface area is 74.7 Å². The van der Waals surface area contributed by atoms with Crippen LogP contribution in [0.25, 0.3) is 0 Å². The highest BCUT2D eigenvalue weighted by atomic mass is 19.1. The summed E-state index contributed by atoms with van der Waals surface area (Å²) in [5, 5.41) is 2.39. The van der Waals surface area contributed by atoms with E-state index in [1.54, 1.807) is 18.3 Å². The van der Waals surface area contributed by atoms with Crippen molar-refractivity contribution in [2.45, 2.75) is 0 Å². The zero-order valence-electron chi connectivity index (χ0n) is 6.87. The van der Waals surface area contributed by atoms with Crippen molar-refractivity contribution in [3.05, 3.63) is 24.5 Å². The van der Waals surface area contributed by atoms with Crippen LogP contribution in [0.1, 0.15) is 0 Å². The van der Waals surface area contributed by atoms with Gasteiger partial charge in [0, 0.05) is 6.20 Å². The number of rotatable bonds is 3. The number of pyridine rings is 1. The van der Waals surface area contributed by atoms with Crippen LogP contribution in [-0.4, -0.2) is 24.4 Å². The molecule has 1 amide bonds. The van der Waals surface area contributed by atoms with E-state index in [1.807, 2.05) is 0 Å². The molecule has 0 radical (unpaired) electrons. The standard InChI is InChI=1S/C8H9FN2O2/c9-3-5-13-8(12)11-7-2-1-4-10-6-7/h1-2,4,6H,3,5H2,(H,11,12). The molecule has 0 fully saturated rings.